The number of allylic oxidation sites excluding steroid dienone is 1. The van der Waals surface area contributed by atoms with Crippen molar-refractivity contribution < 1.29 is 4.79 Å². The molecular weight excluding hydrogens is 298 g/mol. The van der Waals surface area contributed by atoms with Crippen LogP contribution in [0.1, 0.15) is 16.1 Å². The fourth-order valence-electron chi connectivity index (χ4n) is 2.18. The number of hydrogen-bond donors (Lipinski definition) is 0. The van der Waals surface area contributed by atoms with Crippen molar-refractivity contribution in [2.24, 2.45) is 7.05 Å². The Hall–Kier alpha value is -2.59. The second-order valence-corrected chi connectivity index (χ2v) is 5.25. The lowest BCUT2D eigenvalue weighted by Crippen LogP contribution is -1.98. The average molecular weight is 312 g/mol. The highest BCUT2D eigenvalue weighted by molar-refractivity contribution is 6.31. The summed E-state index contributed by atoms with van der Waals surface area (Å²) in [4.78, 5) is 12.3. The lowest BCUT2D eigenvalue weighted by Gasteiger charge is -2.04. The molecule has 0 aliphatic carbocycles. The molecule has 1 aromatic carbocycles. The molecule has 0 fully saturated rings. The van der Waals surface area contributed by atoms with E-state index in [-0.39, 0.29) is 5.78 Å². The SMILES string of the molecule is Cn1ncc(Cl)c1/C=C/C(=O)c1cccc(-n2cccc2)c1. The molecule has 2 heterocycles. The van der Waals surface area contributed by atoms with E-state index in [0.717, 1.165) is 5.69 Å². The first-order valence-electron chi connectivity index (χ1n) is 6.78. The van der Waals surface area contributed by atoms with Gasteiger partial charge in [0.25, 0.3) is 0 Å². The van der Waals surface area contributed by atoms with Gasteiger partial charge in [-0.05, 0) is 36.4 Å². The molecule has 0 bridgehead atoms. The summed E-state index contributed by atoms with van der Waals surface area (Å²) in [6.45, 7) is 0. The van der Waals surface area contributed by atoms with Crippen LogP contribution in [0, 0.1) is 0 Å². The van der Waals surface area contributed by atoms with Gasteiger partial charge in [-0.1, -0.05) is 23.7 Å². The molecule has 0 saturated heterocycles. The van der Waals surface area contributed by atoms with E-state index in [4.69, 9.17) is 11.6 Å². The van der Waals surface area contributed by atoms with Crippen LogP contribution in [-0.2, 0) is 7.05 Å². The van der Waals surface area contributed by atoms with Crippen LogP contribution in [0.5, 0.6) is 0 Å². The Morgan fingerprint density at radius 1 is 1.23 bits per heavy atom. The predicted molar refractivity (Wildman–Crippen MR) is 87.4 cm³/mol. The van der Waals surface area contributed by atoms with Gasteiger partial charge < -0.3 is 4.57 Å². The third-order valence-corrected chi connectivity index (χ3v) is 3.65. The first kappa shape index (κ1) is 14.4. The second-order valence-electron chi connectivity index (χ2n) is 4.84. The van der Waals surface area contributed by atoms with Crippen molar-refractivity contribution >= 4 is 23.5 Å². The predicted octanol–water partition coefficient (Wildman–Crippen LogP) is 3.76. The van der Waals surface area contributed by atoms with Crippen LogP contribution >= 0.6 is 11.6 Å². The second kappa shape index (κ2) is 6.03. The van der Waals surface area contributed by atoms with Crippen molar-refractivity contribution in [3.63, 3.8) is 0 Å². The number of nitrogens with zero attached hydrogens (tertiary/aromatic N) is 3. The van der Waals surface area contributed by atoms with E-state index >= 15 is 0 Å². The van der Waals surface area contributed by atoms with Gasteiger partial charge in [0.15, 0.2) is 5.78 Å². The van der Waals surface area contributed by atoms with E-state index < -0.39 is 0 Å². The van der Waals surface area contributed by atoms with Crippen molar-refractivity contribution in [1.82, 2.24) is 14.3 Å². The Bertz CT molecular complexity index is 812. The molecule has 0 aliphatic rings. The Balaban J connectivity index is 1.85. The fraction of sp³-hybridized carbons (Fsp3) is 0.0588. The largest absolute Gasteiger partial charge is 0.324 e. The molecule has 22 heavy (non-hydrogen) atoms. The molecule has 0 spiro atoms. The van der Waals surface area contributed by atoms with Gasteiger partial charge in [-0.25, -0.2) is 0 Å². The van der Waals surface area contributed by atoms with Crippen molar-refractivity contribution in [1.29, 1.82) is 0 Å². The van der Waals surface area contributed by atoms with Crippen LogP contribution in [-0.4, -0.2) is 20.1 Å². The highest BCUT2D eigenvalue weighted by Gasteiger charge is 2.06. The summed E-state index contributed by atoms with van der Waals surface area (Å²) in [5, 5.41) is 4.55. The van der Waals surface area contributed by atoms with E-state index in [0.29, 0.717) is 16.3 Å². The van der Waals surface area contributed by atoms with Crippen LogP contribution in [0.15, 0.2) is 61.1 Å². The topological polar surface area (TPSA) is 39.8 Å². The smallest absolute Gasteiger partial charge is 0.185 e. The van der Waals surface area contributed by atoms with E-state index in [2.05, 4.69) is 5.10 Å². The minimum Gasteiger partial charge on any atom is -0.324 e. The van der Waals surface area contributed by atoms with Gasteiger partial charge >= 0.3 is 0 Å². The monoisotopic (exact) mass is 311 g/mol. The van der Waals surface area contributed by atoms with Crippen LogP contribution < -0.4 is 0 Å². The molecule has 3 aromatic rings. The third kappa shape index (κ3) is 2.87. The summed E-state index contributed by atoms with van der Waals surface area (Å²) in [7, 11) is 1.78. The normalized spacial score (nSPS) is 11.2. The molecule has 0 aliphatic heterocycles. The van der Waals surface area contributed by atoms with E-state index in [9.17, 15) is 4.79 Å². The first-order valence-corrected chi connectivity index (χ1v) is 7.16. The van der Waals surface area contributed by atoms with Gasteiger partial charge in [-0.3, -0.25) is 9.48 Å². The minimum absolute atomic E-state index is 0.0775. The van der Waals surface area contributed by atoms with Gasteiger partial charge in [0.1, 0.15) is 0 Å². The fourth-order valence-corrected chi connectivity index (χ4v) is 2.41. The lowest BCUT2D eigenvalue weighted by molar-refractivity contribution is 0.104. The molecule has 2 aromatic heterocycles. The Labute approximate surface area is 133 Å². The minimum atomic E-state index is -0.0775. The van der Waals surface area contributed by atoms with Gasteiger partial charge in [0.05, 0.1) is 16.9 Å². The van der Waals surface area contributed by atoms with Gasteiger partial charge in [0, 0.05) is 30.7 Å². The summed E-state index contributed by atoms with van der Waals surface area (Å²) in [5.41, 5.74) is 2.28. The molecule has 0 unspecified atom stereocenters. The number of carbonyl (C=O) groups excluding carboxylic acids is 1. The summed E-state index contributed by atoms with van der Waals surface area (Å²) in [6, 6.07) is 11.4. The molecule has 3 rings (SSSR count). The van der Waals surface area contributed by atoms with Crippen molar-refractivity contribution in [2.75, 3.05) is 0 Å². The quantitative estimate of drug-likeness (QED) is 0.543. The molecule has 5 heteroatoms. The molecule has 0 atom stereocenters. The zero-order valence-corrected chi connectivity index (χ0v) is 12.7. The zero-order valence-electron chi connectivity index (χ0n) is 12.0. The van der Waals surface area contributed by atoms with Gasteiger partial charge in [-0.15, -0.1) is 0 Å². The number of hydrogen-bond acceptors (Lipinski definition) is 2. The number of rotatable bonds is 4. The van der Waals surface area contributed by atoms with E-state index in [1.54, 1.807) is 30.1 Å². The summed E-state index contributed by atoms with van der Waals surface area (Å²) >= 11 is 6.02. The first-order chi connectivity index (χ1) is 10.6. The van der Waals surface area contributed by atoms with Crippen molar-refractivity contribution in [3.05, 3.63) is 77.3 Å². The van der Waals surface area contributed by atoms with Crippen LogP contribution in [0.4, 0.5) is 0 Å². The summed E-state index contributed by atoms with van der Waals surface area (Å²) in [5.74, 6) is -0.0775. The van der Waals surface area contributed by atoms with Crippen LogP contribution in [0.2, 0.25) is 5.02 Å². The number of aromatic nitrogens is 3. The molecule has 0 radical (unpaired) electrons. The summed E-state index contributed by atoms with van der Waals surface area (Å²) < 4.78 is 3.58. The standard InChI is InChI=1S/C17H14ClN3O/c1-20-16(15(18)12-19-20)7-8-17(22)13-5-4-6-14(11-13)21-9-2-3-10-21/h2-12H,1H3/b8-7+. The molecular formula is C17H14ClN3O. The molecule has 0 amide bonds. The van der Waals surface area contributed by atoms with Crippen molar-refractivity contribution in [2.45, 2.75) is 0 Å². The highest BCUT2D eigenvalue weighted by atomic mass is 35.5. The van der Waals surface area contributed by atoms with Crippen molar-refractivity contribution in [3.8, 4) is 5.69 Å². The lowest BCUT2D eigenvalue weighted by atomic mass is 10.1. The maximum Gasteiger partial charge on any atom is 0.185 e. The number of benzene rings is 1. The average Bonchev–Trinajstić information content (AvgIpc) is 3.16. The van der Waals surface area contributed by atoms with Gasteiger partial charge in [-0.2, -0.15) is 5.10 Å². The molecule has 0 N–H and O–H groups in total. The van der Waals surface area contributed by atoms with Gasteiger partial charge in [0.2, 0.25) is 0 Å². The Kier molecular flexibility index (Phi) is 3.94. The Morgan fingerprint density at radius 3 is 2.68 bits per heavy atom. The molecule has 4 nitrogen and oxygen atoms in total. The highest BCUT2D eigenvalue weighted by Crippen LogP contribution is 2.17. The van der Waals surface area contributed by atoms with E-state index in [1.165, 1.54) is 6.08 Å². The number of halogens is 1. The number of ketones is 1. The summed E-state index contributed by atoms with van der Waals surface area (Å²) in [6.07, 6.45) is 8.62. The molecule has 110 valence electrons. The maximum atomic E-state index is 12.3. The third-order valence-electron chi connectivity index (χ3n) is 3.36. The van der Waals surface area contributed by atoms with Crippen LogP contribution in [0.3, 0.4) is 0 Å². The molecule has 0 saturated carbocycles. The Morgan fingerprint density at radius 2 is 2.00 bits per heavy atom. The van der Waals surface area contributed by atoms with Crippen LogP contribution in [0.25, 0.3) is 11.8 Å². The number of carbonyl (C=O) groups is 1. The zero-order chi connectivity index (χ0) is 15.5. The maximum absolute atomic E-state index is 12.3. The number of aryl methyl sites for hydroxylation is 1. The van der Waals surface area contributed by atoms with E-state index in [1.807, 2.05) is 47.3 Å².